The van der Waals surface area contributed by atoms with Gasteiger partial charge in [-0.25, -0.2) is 0 Å². The SMILES string of the molecule is CN1CCN(CCCOCCCOc2ccc3c(c2)C(=O)c2ccccc2C3=O)CC1. The van der Waals surface area contributed by atoms with E-state index in [1.54, 1.807) is 42.5 Å². The lowest BCUT2D eigenvalue weighted by molar-refractivity contribution is 0.0971. The van der Waals surface area contributed by atoms with Gasteiger partial charge in [-0.15, -0.1) is 0 Å². The van der Waals surface area contributed by atoms with Crippen molar-refractivity contribution in [2.24, 2.45) is 0 Å². The maximum absolute atomic E-state index is 12.8. The fraction of sp³-hybridized carbons (Fsp3) is 0.440. The molecule has 0 bridgehead atoms. The number of carbonyl (C=O) groups is 2. The summed E-state index contributed by atoms with van der Waals surface area (Å²) in [6.07, 6.45) is 1.83. The molecule has 0 N–H and O–H groups in total. The van der Waals surface area contributed by atoms with Crippen LogP contribution in [0.4, 0.5) is 0 Å². The van der Waals surface area contributed by atoms with Crippen molar-refractivity contribution in [2.45, 2.75) is 12.8 Å². The van der Waals surface area contributed by atoms with Gasteiger partial charge in [0.15, 0.2) is 11.6 Å². The zero-order valence-corrected chi connectivity index (χ0v) is 18.1. The third kappa shape index (κ3) is 5.21. The number of rotatable bonds is 9. The molecule has 0 atom stereocenters. The van der Waals surface area contributed by atoms with Crippen molar-refractivity contribution in [1.29, 1.82) is 0 Å². The average Bonchev–Trinajstić information content (AvgIpc) is 2.80. The number of piperazine rings is 1. The molecular formula is C25H30N2O4. The molecule has 0 aromatic heterocycles. The van der Waals surface area contributed by atoms with Crippen LogP contribution in [0.15, 0.2) is 42.5 Å². The van der Waals surface area contributed by atoms with Crippen LogP contribution in [0.2, 0.25) is 0 Å². The third-order valence-corrected chi connectivity index (χ3v) is 5.96. The van der Waals surface area contributed by atoms with E-state index in [0.29, 0.717) is 41.2 Å². The van der Waals surface area contributed by atoms with Gasteiger partial charge in [0, 0.05) is 74.6 Å². The van der Waals surface area contributed by atoms with Crippen molar-refractivity contribution in [3.63, 3.8) is 0 Å². The molecule has 1 aliphatic heterocycles. The lowest BCUT2D eigenvalue weighted by Crippen LogP contribution is -2.44. The molecule has 6 heteroatoms. The van der Waals surface area contributed by atoms with Gasteiger partial charge in [-0.2, -0.15) is 0 Å². The second-order valence-electron chi connectivity index (χ2n) is 8.22. The maximum atomic E-state index is 12.8. The first-order valence-corrected chi connectivity index (χ1v) is 11.1. The van der Waals surface area contributed by atoms with E-state index < -0.39 is 0 Å². The number of hydrogen-bond acceptors (Lipinski definition) is 6. The Hall–Kier alpha value is -2.54. The number of ether oxygens (including phenoxy) is 2. The van der Waals surface area contributed by atoms with E-state index in [1.807, 2.05) is 0 Å². The fourth-order valence-corrected chi connectivity index (χ4v) is 4.08. The van der Waals surface area contributed by atoms with Crippen molar-refractivity contribution in [2.75, 3.05) is 59.6 Å². The van der Waals surface area contributed by atoms with Gasteiger partial charge in [-0.05, 0) is 31.7 Å². The number of ketones is 2. The number of carbonyl (C=O) groups excluding carboxylic acids is 2. The topological polar surface area (TPSA) is 59.1 Å². The molecule has 0 spiro atoms. The molecule has 0 amide bonds. The molecule has 1 aliphatic carbocycles. The van der Waals surface area contributed by atoms with E-state index >= 15 is 0 Å². The predicted octanol–water partition coefficient (Wildman–Crippen LogP) is 2.89. The Kier molecular flexibility index (Phi) is 7.12. The summed E-state index contributed by atoms with van der Waals surface area (Å²) in [6, 6.07) is 12.1. The smallest absolute Gasteiger partial charge is 0.194 e. The van der Waals surface area contributed by atoms with Crippen LogP contribution in [0.5, 0.6) is 5.75 Å². The van der Waals surface area contributed by atoms with Gasteiger partial charge in [0.25, 0.3) is 0 Å². The summed E-state index contributed by atoms with van der Waals surface area (Å²) < 4.78 is 11.5. The molecule has 1 fully saturated rings. The zero-order chi connectivity index (χ0) is 21.6. The lowest BCUT2D eigenvalue weighted by atomic mass is 9.84. The molecule has 0 radical (unpaired) electrons. The van der Waals surface area contributed by atoms with E-state index in [4.69, 9.17) is 9.47 Å². The monoisotopic (exact) mass is 422 g/mol. The van der Waals surface area contributed by atoms with Gasteiger partial charge >= 0.3 is 0 Å². The van der Waals surface area contributed by atoms with Gasteiger partial charge in [0.05, 0.1) is 6.61 Å². The van der Waals surface area contributed by atoms with Crippen molar-refractivity contribution in [3.8, 4) is 5.75 Å². The van der Waals surface area contributed by atoms with Crippen LogP contribution in [-0.2, 0) is 4.74 Å². The second-order valence-corrected chi connectivity index (χ2v) is 8.22. The highest BCUT2D eigenvalue weighted by Crippen LogP contribution is 2.29. The average molecular weight is 423 g/mol. The van der Waals surface area contributed by atoms with Gasteiger partial charge in [0.2, 0.25) is 0 Å². The Labute approximate surface area is 183 Å². The zero-order valence-electron chi connectivity index (χ0n) is 18.1. The van der Waals surface area contributed by atoms with Gasteiger partial charge in [0.1, 0.15) is 5.75 Å². The van der Waals surface area contributed by atoms with Crippen LogP contribution in [0.1, 0.15) is 44.7 Å². The van der Waals surface area contributed by atoms with E-state index in [9.17, 15) is 9.59 Å². The highest BCUT2D eigenvalue weighted by Gasteiger charge is 2.29. The third-order valence-electron chi connectivity index (χ3n) is 5.96. The van der Waals surface area contributed by atoms with Crippen LogP contribution < -0.4 is 4.74 Å². The molecule has 164 valence electrons. The summed E-state index contributed by atoms with van der Waals surface area (Å²) in [4.78, 5) is 30.3. The number of likely N-dealkylation sites (N-methyl/N-ethyl adjacent to an activating group) is 1. The molecule has 1 heterocycles. The minimum Gasteiger partial charge on any atom is -0.493 e. The normalized spacial score (nSPS) is 16.8. The Morgan fingerprint density at radius 1 is 0.774 bits per heavy atom. The van der Waals surface area contributed by atoms with E-state index in [-0.39, 0.29) is 11.6 Å². The van der Waals surface area contributed by atoms with Crippen LogP contribution >= 0.6 is 0 Å². The lowest BCUT2D eigenvalue weighted by Gasteiger charge is -2.32. The molecule has 1 saturated heterocycles. The van der Waals surface area contributed by atoms with Gasteiger partial charge < -0.3 is 19.3 Å². The van der Waals surface area contributed by atoms with Gasteiger partial charge in [-0.3, -0.25) is 9.59 Å². The van der Waals surface area contributed by atoms with Crippen molar-refractivity contribution >= 4 is 11.6 Å². The maximum Gasteiger partial charge on any atom is 0.194 e. The van der Waals surface area contributed by atoms with Crippen LogP contribution in [0.3, 0.4) is 0 Å². The van der Waals surface area contributed by atoms with E-state index in [1.165, 1.54) is 0 Å². The number of benzene rings is 2. The quantitative estimate of drug-likeness (QED) is 0.494. The summed E-state index contributed by atoms with van der Waals surface area (Å²) in [7, 11) is 2.17. The summed E-state index contributed by atoms with van der Waals surface area (Å²) in [5.41, 5.74) is 1.79. The highest BCUT2D eigenvalue weighted by molar-refractivity contribution is 6.28. The molecule has 0 unspecified atom stereocenters. The largest absolute Gasteiger partial charge is 0.493 e. The fourth-order valence-electron chi connectivity index (χ4n) is 4.08. The number of fused-ring (bicyclic) bond motifs is 2. The number of hydrogen-bond donors (Lipinski definition) is 0. The molecule has 31 heavy (non-hydrogen) atoms. The van der Waals surface area contributed by atoms with E-state index in [2.05, 4.69) is 16.8 Å². The molecule has 0 saturated carbocycles. The van der Waals surface area contributed by atoms with Gasteiger partial charge in [-0.1, -0.05) is 24.3 Å². The number of nitrogens with zero attached hydrogens (tertiary/aromatic N) is 2. The Morgan fingerprint density at radius 2 is 1.42 bits per heavy atom. The summed E-state index contributed by atoms with van der Waals surface area (Å²) in [5.74, 6) is 0.371. The van der Waals surface area contributed by atoms with Crippen molar-refractivity contribution in [3.05, 3.63) is 64.7 Å². The van der Waals surface area contributed by atoms with Crippen LogP contribution in [0.25, 0.3) is 0 Å². The molecule has 2 aliphatic rings. The minimum atomic E-state index is -0.126. The van der Waals surface area contributed by atoms with E-state index in [0.717, 1.165) is 52.2 Å². The molecule has 6 nitrogen and oxygen atoms in total. The predicted molar refractivity (Wildman–Crippen MR) is 119 cm³/mol. The molecule has 2 aromatic rings. The van der Waals surface area contributed by atoms with Crippen molar-refractivity contribution in [1.82, 2.24) is 9.80 Å². The standard InChI is InChI=1S/C25H30N2O4/c1-26-11-13-27(14-12-26)10-4-15-30-16-5-17-31-19-8-9-22-23(18-19)25(29)21-7-3-2-6-20(21)24(22)28/h2-3,6-9,18H,4-5,10-17H2,1H3. The molecule has 4 rings (SSSR count). The minimum absolute atomic E-state index is 0.110. The first-order valence-electron chi connectivity index (χ1n) is 11.1. The van der Waals surface area contributed by atoms with Crippen LogP contribution in [-0.4, -0.2) is 81.0 Å². The van der Waals surface area contributed by atoms with Crippen molar-refractivity contribution < 1.29 is 19.1 Å². The summed E-state index contributed by atoms with van der Waals surface area (Å²) >= 11 is 0. The summed E-state index contributed by atoms with van der Waals surface area (Å²) in [6.45, 7) is 7.60. The Morgan fingerprint density at radius 3 is 2.16 bits per heavy atom. The first kappa shape index (κ1) is 21.7. The molecule has 2 aromatic carbocycles. The Balaban J connectivity index is 1.17. The van der Waals surface area contributed by atoms with Crippen LogP contribution in [0, 0.1) is 0 Å². The summed E-state index contributed by atoms with van der Waals surface area (Å²) in [5, 5.41) is 0. The molecular weight excluding hydrogens is 392 g/mol. The highest BCUT2D eigenvalue weighted by atomic mass is 16.5. The Bertz CT molecular complexity index is 935. The second kappa shape index (κ2) is 10.2. The first-order chi connectivity index (χ1) is 15.1.